The number of aryl methyl sites for hydroxylation is 1. The largest absolute Gasteiger partial charge is 0.383 e. The molecule has 0 aliphatic rings. The van der Waals surface area contributed by atoms with Crippen molar-refractivity contribution in [1.29, 1.82) is 0 Å². The summed E-state index contributed by atoms with van der Waals surface area (Å²) in [6.45, 7) is 3.59. The first kappa shape index (κ1) is 20.6. The van der Waals surface area contributed by atoms with Crippen LogP contribution in [-0.4, -0.2) is 34.9 Å². The number of H-pyrrole nitrogens is 1. The molecule has 1 atom stereocenters. The number of nitrogens with zero attached hydrogens (tertiary/aromatic N) is 6. The number of aromatic amines is 1. The maximum Gasteiger partial charge on any atom is 0.265 e. The van der Waals surface area contributed by atoms with E-state index in [4.69, 9.17) is 21.9 Å². The molecule has 4 N–H and O–H groups in total. The van der Waals surface area contributed by atoms with Crippen LogP contribution in [0, 0.1) is 6.92 Å². The monoisotopic (exact) mass is 463 g/mol. The van der Waals surface area contributed by atoms with Gasteiger partial charge in [-0.25, -0.2) is 9.97 Å². The Labute approximate surface area is 191 Å². The molecule has 0 saturated carbocycles. The fourth-order valence-corrected chi connectivity index (χ4v) is 3.94. The summed E-state index contributed by atoms with van der Waals surface area (Å²) in [4.78, 5) is 26.1. The summed E-state index contributed by atoms with van der Waals surface area (Å²) >= 11 is 6.36. The van der Waals surface area contributed by atoms with Crippen molar-refractivity contribution in [2.45, 2.75) is 19.9 Å². The average Bonchev–Trinajstić information content (AvgIpc) is 3.45. The van der Waals surface area contributed by atoms with Gasteiger partial charge >= 0.3 is 0 Å². The Kier molecular flexibility index (Phi) is 5.02. The molecule has 4 aromatic heterocycles. The molecule has 166 valence electrons. The highest BCUT2D eigenvalue weighted by atomic mass is 35.5. The number of halogens is 1. The fourth-order valence-electron chi connectivity index (χ4n) is 3.68. The molecule has 0 fully saturated rings. The Morgan fingerprint density at radius 2 is 2.12 bits per heavy atom. The van der Waals surface area contributed by atoms with Gasteiger partial charge in [0, 0.05) is 6.07 Å². The van der Waals surface area contributed by atoms with Crippen molar-refractivity contribution in [1.82, 2.24) is 34.9 Å². The first-order chi connectivity index (χ1) is 15.9. The summed E-state index contributed by atoms with van der Waals surface area (Å²) in [5.41, 5.74) is 6.84. The quantitative estimate of drug-likeness (QED) is 0.356. The number of rotatable bonds is 5. The number of pyridine rings is 1. The molecule has 0 amide bonds. The Bertz CT molecular complexity index is 1530. The summed E-state index contributed by atoms with van der Waals surface area (Å²) in [5, 5.41) is 15.5. The van der Waals surface area contributed by atoms with Crippen LogP contribution >= 0.6 is 11.6 Å². The summed E-state index contributed by atoms with van der Waals surface area (Å²) < 4.78 is 6.82. The van der Waals surface area contributed by atoms with Gasteiger partial charge in [-0.2, -0.15) is 10.1 Å². The Balaban J connectivity index is 1.66. The zero-order chi connectivity index (χ0) is 23.1. The molecule has 0 aliphatic carbocycles. The van der Waals surface area contributed by atoms with Crippen molar-refractivity contribution in [3.63, 3.8) is 0 Å². The molecule has 11 nitrogen and oxygen atoms in total. The predicted octanol–water partition coefficient (Wildman–Crippen LogP) is 3.27. The summed E-state index contributed by atoms with van der Waals surface area (Å²) in [5.74, 6) is 1.71. The maximum absolute atomic E-state index is 13.5. The highest BCUT2D eigenvalue weighted by molar-refractivity contribution is 6.35. The van der Waals surface area contributed by atoms with Crippen molar-refractivity contribution in [2.24, 2.45) is 0 Å². The van der Waals surface area contributed by atoms with E-state index < -0.39 is 6.04 Å². The topological polar surface area (TPSA) is 153 Å². The van der Waals surface area contributed by atoms with Gasteiger partial charge in [-0.05, 0) is 31.4 Å². The SMILES string of the molecule is Cc1noc(-c2c(N)ncnc2N[C@@H](C)c2cc3cccc(Cl)c3c(=O)n2-c2ccn[nH]2)n1. The Morgan fingerprint density at radius 3 is 2.85 bits per heavy atom. The fraction of sp³-hybridized carbons (Fsp3) is 0.143. The van der Waals surface area contributed by atoms with Crippen LogP contribution in [0.5, 0.6) is 0 Å². The summed E-state index contributed by atoms with van der Waals surface area (Å²) in [6.07, 6.45) is 2.90. The molecule has 12 heteroatoms. The van der Waals surface area contributed by atoms with Crippen molar-refractivity contribution < 1.29 is 4.52 Å². The van der Waals surface area contributed by atoms with Crippen molar-refractivity contribution in [3.8, 4) is 17.3 Å². The molecule has 0 radical (unpaired) electrons. The highest BCUT2D eigenvalue weighted by Crippen LogP contribution is 2.32. The van der Waals surface area contributed by atoms with E-state index >= 15 is 0 Å². The van der Waals surface area contributed by atoms with Gasteiger partial charge in [0.15, 0.2) is 5.82 Å². The van der Waals surface area contributed by atoms with Gasteiger partial charge in [-0.15, -0.1) is 0 Å². The number of nitrogen functional groups attached to an aromatic ring is 1. The lowest BCUT2D eigenvalue weighted by atomic mass is 10.1. The van der Waals surface area contributed by atoms with Gasteiger partial charge < -0.3 is 15.6 Å². The standard InChI is InChI=1S/C21H18ClN9O2/c1-10(27-19-17(18(23)24-9-25-19)20-28-11(2)30-33-20)14-8-12-4-3-5-13(22)16(12)21(32)31(14)15-6-7-26-29-15/h3-10H,1-2H3,(H,26,29)(H3,23,24,25,27)/t10-/m0/s1. The van der Waals surface area contributed by atoms with Crippen LogP contribution in [0.3, 0.4) is 0 Å². The van der Waals surface area contributed by atoms with Crippen LogP contribution in [0.2, 0.25) is 5.02 Å². The molecule has 33 heavy (non-hydrogen) atoms. The molecule has 0 unspecified atom stereocenters. The van der Waals surface area contributed by atoms with Crippen LogP contribution in [0.4, 0.5) is 11.6 Å². The lowest BCUT2D eigenvalue weighted by molar-refractivity contribution is 0.425. The second-order valence-corrected chi connectivity index (χ2v) is 7.76. The third-order valence-corrected chi connectivity index (χ3v) is 5.48. The molecule has 0 aliphatic heterocycles. The zero-order valence-corrected chi connectivity index (χ0v) is 18.3. The van der Waals surface area contributed by atoms with Gasteiger partial charge in [0.25, 0.3) is 11.4 Å². The number of fused-ring (bicyclic) bond motifs is 1. The van der Waals surface area contributed by atoms with Gasteiger partial charge in [0.05, 0.1) is 28.3 Å². The normalized spacial score (nSPS) is 12.2. The van der Waals surface area contributed by atoms with E-state index in [1.165, 1.54) is 10.9 Å². The lowest BCUT2D eigenvalue weighted by Crippen LogP contribution is -2.26. The first-order valence-corrected chi connectivity index (χ1v) is 10.3. The number of hydrogen-bond donors (Lipinski definition) is 3. The molecule has 5 rings (SSSR count). The van der Waals surface area contributed by atoms with Gasteiger partial charge in [-0.3, -0.25) is 14.5 Å². The molecule has 0 bridgehead atoms. The second kappa shape index (κ2) is 8.02. The number of hydrogen-bond acceptors (Lipinski definition) is 9. The lowest BCUT2D eigenvalue weighted by Gasteiger charge is -2.21. The van der Waals surface area contributed by atoms with Gasteiger partial charge in [0.2, 0.25) is 0 Å². The minimum Gasteiger partial charge on any atom is -0.383 e. The predicted molar refractivity (Wildman–Crippen MR) is 123 cm³/mol. The van der Waals surface area contributed by atoms with E-state index in [0.717, 1.165) is 0 Å². The van der Waals surface area contributed by atoms with E-state index in [2.05, 4.69) is 35.6 Å². The number of aromatic nitrogens is 7. The number of nitrogens with two attached hydrogens (primary N) is 1. The number of nitrogens with one attached hydrogen (secondary N) is 2. The third kappa shape index (κ3) is 3.57. The molecule has 0 saturated heterocycles. The zero-order valence-electron chi connectivity index (χ0n) is 17.6. The number of benzene rings is 1. The van der Waals surface area contributed by atoms with Crippen LogP contribution in [0.15, 0.2) is 52.2 Å². The molecule has 1 aromatic carbocycles. The minimum absolute atomic E-state index is 0.180. The van der Waals surface area contributed by atoms with E-state index in [0.29, 0.717) is 44.5 Å². The summed E-state index contributed by atoms with van der Waals surface area (Å²) in [6, 6.07) is 8.50. The van der Waals surface area contributed by atoms with Gasteiger partial charge in [0.1, 0.15) is 29.3 Å². The molecular formula is C21H18ClN9O2. The molecule has 4 heterocycles. The van der Waals surface area contributed by atoms with E-state index in [1.807, 2.05) is 19.1 Å². The second-order valence-electron chi connectivity index (χ2n) is 7.35. The van der Waals surface area contributed by atoms with Gasteiger partial charge in [-0.1, -0.05) is 28.9 Å². The third-order valence-electron chi connectivity index (χ3n) is 5.17. The highest BCUT2D eigenvalue weighted by Gasteiger charge is 2.23. The van der Waals surface area contributed by atoms with Crippen molar-refractivity contribution in [2.75, 3.05) is 11.1 Å². The Morgan fingerprint density at radius 1 is 1.27 bits per heavy atom. The smallest absolute Gasteiger partial charge is 0.265 e. The van der Waals surface area contributed by atoms with Crippen LogP contribution < -0.4 is 16.6 Å². The number of anilines is 2. The van der Waals surface area contributed by atoms with E-state index in [-0.39, 0.29) is 17.3 Å². The van der Waals surface area contributed by atoms with Crippen LogP contribution in [-0.2, 0) is 0 Å². The molecular weight excluding hydrogens is 446 g/mol. The average molecular weight is 464 g/mol. The van der Waals surface area contributed by atoms with E-state index in [1.54, 1.807) is 31.3 Å². The summed E-state index contributed by atoms with van der Waals surface area (Å²) in [7, 11) is 0. The van der Waals surface area contributed by atoms with Crippen molar-refractivity contribution in [3.05, 3.63) is 69.8 Å². The first-order valence-electron chi connectivity index (χ1n) is 9.95. The van der Waals surface area contributed by atoms with Crippen LogP contribution in [0.1, 0.15) is 24.5 Å². The maximum atomic E-state index is 13.5. The molecule has 0 spiro atoms. The van der Waals surface area contributed by atoms with E-state index in [9.17, 15) is 4.79 Å². The van der Waals surface area contributed by atoms with Crippen LogP contribution in [0.25, 0.3) is 28.0 Å². The van der Waals surface area contributed by atoms with Crippen molar-refractivity contribution >= 4 is 34.0 Å². The molecule has 5 aromatic rings. The Hall–Kier alpha value is -4.25. The minimum atomic E-state index is -0.415.